The topological polar surface area (TPSA) is 111 Å². The van der Waals surface area contributed by atoms with Gasteiger partial charge in [0.25, 0.3) is 0 Å². The van der Waals surface area contributed by atoms with E-state index in [1.165, 1.54) is 5.01 Å². The maximum absolute atomic E-state index is 12.6. The molecule has 0 radical (unpaired) electrons. The number of nitrogens with zero attached hydrogens (tertiary/aromatic N) is 1. The minimum absolute atomic E-state index is 0.188. The van der Waals surface area contributed by atoms with Gasteiger partial charge >= 0.3 is 5.97 Å². The molecule has 2 aromatic carbocycles. The van der Waals surface area contributed by atoms with E-state index in [1.54, 1.807) is 25.3 Å². The minimum atomic E-state index is -0.830. The van der Waals surface area contributed by atoms with Crippen molar-refractivity contribution in [3.63, 3.8) is 0 Å². The molecule has 172 valence electrons. The zero-order valence-electron chi connectivity index (χ0n) is 19.3. The molecule has 0 aliphatic heterocycles. The summed E-state index contributed by atoms with van der Waals surface area (Å²) in [5.41, 5.74) is 10.3. The van der Waals surface area contributed by atoms with E-state index in [-0.39, 0.29) is 18.4 Å². The third-order valence-electron chi connectivity index (χ3n) is 4.87. The number of hydrogen-bond donors (Lipinski definition) is 3. The molecule has 5 N–H and O–H groups in total. The largest absolute Gasteiger partial charge is 0.465 e. The van der Waals surface area contributed by atoms with Crippen molar-refractivity contribution >= 4 is 23.3 Å². The molecule has 0 aliphatic carbocycles. The van der Waals surface area contributed by atoms with Gasteiger partial charge in [-0.15, -0.1) is 0 Å². The lowest BCUT2D eigenvalue weighted by Gasteiger charge is -2.18. The Morgan fingerprint density at radius 3 is 2.28 bits per heavy atom. The number of carbonyl (C=O) groups excluding carboxylic acids is 2. The summed E-state index contributed by atoms with van der Waals surface area (Å²) < 4.78 is 5.06. The molecule has 0 fully saturated rings. The number of ether oxygens (including phenoxy) is 1. The third kappa shape index (κ3) is 7.74. The summed E-state index contributed by atoms with van der Waals surface area (Å²) in [6, 6.07) is 15.2. The van der Waals surface area contributed by atoms with Crippen LogP contribution in [0.4, 0.5) is 5.69 Å². The van der Waals surface area contributed by atoms with E-state index in [0.29, 0.717) is 24.4 Å². The quantitative estimate of drug-likeness (QED) is 0.225. The Morgan fingerprint density at radius 2 is 1.72 bits per heavy atom. The molecule has 2 aromatic rings. The fourth-order valence-electron chi connectivity index (χ4n) is 3.20. The Labute approximate surface area is 190 Å². The Bertz CT molecular complexity index is 921. The van der Waals surface area contributed by atoms with Crippen molar-refractivity contribution in [2.45, 2.75) is 40.7 Å². The highest BCUT2D eigenvalue weighted by Gasteiger charge is 2.28. The van der Waals surface area contributed by atoms with Gasteiger partial charge in [0, 0.05) is 11.9 Å². The number of hydrogen-bond acceptors (Lipinski definition) is 6. The maximum Gasteiger partial charge on any atom is 0.318 e. The van der Waals surface area contributed by atoms with Gasteiger partial charge in [-0.05, 0) is 49.4 Å². The Kier molecular flexibility index (Phi) is 9.28. The highest BCUT2D eigenvalue weighted by atomic mass is 16.5. The van der Waals surface area contributed by atoms with Gasteiger partial charge in [0.2, 0.25) is 5.91 Å². The lowest BCUT2D eigenvalue weighted by molar-refractivity contribution is -0.151. The van der Waals surface area contributed by atoms with Gasteiger partial charge < -0.3 is 20.8 Å². The number of benzene rings is 2. The molecule has 0 saturated heterocycles. The normalized spacial score (nSPS) is 12.4. The first kappa shape index (κ1) is 24.9. The average Bonchev–Trinajstić information content (AvgIpc) is 2.73. The molecule has 0 bridgehead atoms. The van der Waals surface area contributed by atoms with Crippen LogP contribution in [0.2, 0.25) is 0 Å². The summed E-state index contributed by atoms with van der Waals surface area (Å²) in [5.74, 6) is 4.60. The first-order chi connectivity index (χ1) is 15.2. The van der Waals surface area contributed by atoms with Gasteiger partial charge in [0.15, 0.2) is 0 Å². The number of amides is 1. The third-order valence-corrected chi connectivity index (χ3v) is 4.87. The lowest BCUT2D eigenvalue weighted by Crippen LogP contribution is -2.32. The smallest absolute Gasteiger partial charge is 0.318 e. The summed E-state index contributed by atoms with van der Waals surface area (Å²) in [7, 11) is 0. The fourth-order valence-corrected chi connectivity index (χ4v) is 3.20. The molecule has 0 spiro atoms. The van der Waals surface area contributed by atoms with E-state index in [0.717, 1.165) is 16.7 Å². The van der Waals surface area contributed by atoms with Crippen LogP contribution in [0.25, 0.3) is 5.70 Å². The van der Waals surface area contributed by atoms with Crippen LogP contribution >= 0.6 is 0 Å². The van der Waals surface area contributed by atoms with Crippen molar-refractivity contribution in [2.24, 2.45) is 23.4 Å². The van der Waals surface area contributed by atoms with Crippen molar-refractivity contribution in [1.82, 2.24) is 5.01 Å². The van der Waals surface area contributed by atoms with E-state index in [1.807, 2.05) is 57.2 Å². The second-order valence-electron chi connectivity index (χ2n) is 8.24. The summed E-state index contributed by atoms with van der Waals surface area (Å²) in [4.78, 5) is 24.8. The summed E-state index contributed by atoms with van der Waals surface area (Å²) in [6.07, 6.45) is 2.12. The van der Waals surface area contributed by atoms with Crippen molar-refractivity contribution in [1.29, 1.82) is 0 Å². The van der Waals surface area contributed by atoms with Crippen LogP contribution in [0.3, 0.4) is 0 Å². The number of carbonyl (C=O) groups is 2. The second kappa shape index (κ2) is 11.9. The van der Waals surface area contributed by atoms with E-state index in [9.17, 15) is 9.59 Å². The molecule has 1 amide bonds. The van der Waals surface area contributed by atoms with Gasteiger partial charge in [-0.25, -0.2) is 5.84 Å². The molecule has 0 saturated carbocycles. The van der Waals surface area contributed by atoms with Crippen LogP contribution in [0.1, 0.15) is 43.9 Å². The minimum Gasteiger partial charge on any atom is -0.465 e. The van der Waals surface area contributed by atoms with E-state index in [4.69, 9.17) is 16.3 Å². The van der Waals surface area contributed by atoms with Crippen LogP contribution < -0.4 is 16.9 Å². The molecule has 0 aliphatic rings. The number of nitrogens with one attached hydrogen (secondary N) is 1. The van der Waals surface area contributed by atoms with Gasteiger partial charge in [0.05, 0.1) is 18.8 Å². The van der Waals surface area contributed by atoms with Crippen molar-refractivity contribution in [3.05, 3.63) is 71.4 Å². The molecule has 1 unspecified atom stereocenters. The van der Waals surface area contributed by atoms with Crippen molar-refractivity contribution in [3.8, 4) is 0 Å². The van der Waals surface area contributed by atoms with Crippen molar-refractivity contribution in [2.75, 3.05) is 11.9 Å². The zero-order valence-corrected chi connectivity index (χ0v) is 19.3. The zero-order chi connectivity index (χ0) is 23.7. The van der Waals surface area contributed by atoms with Crippen LogP contribution in [0.5, 0.6) is 0 Å². The Hall–Kier alpha value is -3.32. The molecule has 1 atom stereocenters. The van der Waals surface area contributed by atoms with Crippen LogP contribution in [-0.4, -0.2) is 23.5 Å². The first-order valence-electron chi connectivity index (χ1n) is 10.8. The second-order valence-corrected chi connectivity index (χ2v) is 8.24. The first-order valence-corrected chi connectivity index (χ1v) is 10.8. The average molecular weight is 439 g/mol. The predicted octanol–water partition coefficient (Wildman–Crippen LogP) is 3.79. The molecule has 0 heterocycles. The number of hydrazine groups is 1. The number of nitrogens with two attached hydrogens (primary N) is 2. The highest BCUT2D eigenvalue weighted by Crippen LogP contribution is 2.18. The number of rotatable bonds is 10. The highest BCUT2D eigenvalue weighted by molar-refractivity contribution is 6.04. The molecule has 2 rings (SSSR count). The van der Waals surface area contributed by atoms with Crippen LogP contribution in [0.15, 0.2) is 54.7 Å². The van der Waals surface area contributed by atoms with E-state index < -0.39 is 11.9 Å². The summed E-state index contributed by atoms with van der Waals surface area (Å²) in [5, 5.41) is 4.32. The standard InChI is InChI=1S/C25H34N4O3/c1-5-32-25(31)22(14-17(2)3)24(30)28-21-12-8-19(9-13-21)15-29(27)16-23(26)20-10-6-18(4)7-11-20/h6-13,16-17,22H,5,14-15,26-27H2,1-4H3,(H,28,30)/b23-16-. The molecule has 0 aromatic heterocycles. The lowest BCUT2D eigenvalue weighted by atomic mass is 9.96. The predicted molar refractivity (Wildman–Crippen MR) is 128 cm³/mol. The van der Waals surface area contributed by atoms with Gasteiger partial charge in [-0.2, -0.15) is 0 Å². The summed E-state index contributed by atoms with van der Waals surface area (Å²) >= 11 is 0. The summed E-state index contributed by atoms with van der Waals surface area (Å²) in [6.45, 7) is 8.37. The number of anilines is 1. The fraction of sp³-hybridized carbons (Fsp3) is 0.360. The van der Waals surface area contributed by atoms with Crippen molar-refractivity contribution < 1.29 is 14.3 Å². The maximum atomic E-state index is 12.6. The Morgan fingerprint density at radius 1 is 1.09 bits per heavy atom. The SMILES string of the molecule is CCOC(=O)C(CC(C)C)C(=O)Nc1ccc(CN(N)/C=C(\N)c2ccc(C)cc2)cc1. The molecule has 32 heavy (non-hydrogen) atoms. The van der Waals surface area contributed by atoms with Gasteiger partial charge in [-0.1, -0.05) is 55.8 Å². The van der Waals surface area contributed by atoms with E-state index >= 15 is 0 Å². The molecular formula is C25H34N4O3. The number of aryl methyl sites for hydroxylation is 1. The number of esters is 1. The van der Waals surface area contributed by atoms with Crippen LogP contribution in [-0.2, 0) is 20.9 Å². The monoisotopic (exact) mass is 438 g/mol. The van der Waals surface area contributed by atoms with Crippen LogP contribution in [0, 0.1) is 18.8 Å². The Balaban J connectivity index is 1.99. The molecular weight excluding hydrogens is 404 g/mol. The van der Waals surface area contributed by atoms with Gasteiger partial charge in [-0.3, -0.25) is 9.59 Å². The molecule has 7 heteroatoms. The molecule has 7 nitrogen and oxygen atoms in total. The van der Waals surface area contributed by atoms with Gasteiger partial charge in [0.1, 0.15) is 5.92 Å². The van der Waals surface area contributed by atoms with E-state index in [2.05, 4.69) is 5.32 Å².